The first kappa shape index (κ1) is 29.3. The minimum atomic E-state index is -4.42. The molecule has 4 aromatic rings. The van der Waals surface area contributed by atoms with Crippen LogP contribution in [0, 0.1) is 0 Å². The molecule has 1 unspecified atom stereocenters. The average molecular weight is 606 g/mol. The number of aryl methyl sites for hydroxylation is 1. The number of aliphatic carboxylic acids is 1. The number of carbonyl (C=O) groups excluding carboxylic acids is 1. The number of likely N-dealkylation sites (N-methyl/N-ethyl adjacent to an activating group) is 1. The highest BCUT2D eigenvalue weighted by Crippen LogP contribution is 2.29. The zero-order valence-electron chi connectivity index (χ0n) is 21.3. The van der Waals surface area contributed by atoms with Crippen molar-refractivity contribution >= 4 is 61.8 Å². The van der Waals surface area contributed by atoms with Crippen LogP contribution >= 0.6 is 23.2 Å². The second-order valence-electron chi connectivity index (χ2n) is 8.89. The molecule has 11 nitrogen and oxygen atoms in total. The maximum absolute atomic E-state index is 13.3. The van der Waals surface area contributed by atoms with Gasteiger partial charge < -0.3 is 15.3 Å². The van der Waals surface area contributed by atoms with Gasteiger partial charge >= 0.3 is 5.97 Å². The fraction of sp³-hybridized carbons (Fsp3) is 0.231. The van der Waals surface area contributed by atoms with Gasteiger partial charge in [-0.25, -0.2) is 13.4 Å². The topological polar surface area (TPSA) is 157 Å². The number of aromatic amines is 1. The van der Waals surface area contributed by atoms with Gasteiger partial charge in [-0.2, -0.15) is 9.82 Å². The number of rotatable bonds is 12. The first-order valence-electron chi connectivity index (χ1n) is 12.1. The number of amides is 1. The number of H-pyrrole nitrogens is 1. The molecule has 4 rings (SSSR count). The Hall–Kier alpha value is -3.71. The SMILES string of the molecule is CN(CC(NS(=O)(=O)c1c(Cl)cccc1Cl)C(=O)O)C(=O)c1cccc2c(CCCNc3ccccn3)n[nH]c12. The van der Waals surface area contributed by atoms with Crippen molar-refractivity contribution in [2.24, 2.45) is 0 Å². The lowest BCUT2D eigenvalue weighted by molar-refractivity contribution is -0.139. The van der Waals surface area contributed by atoms with Gasteiger partial charge in [0.1, 0.15) is 16.8 Å². The van der Waals surface area contributed by atoms with Crippen molar-refractivity contribution < 1.29 is 23.1 Å². The number of anilines is 1. The van der Waals surface area contributed by atoms with Crippen LogP contribution in [0.5, 0.6) is 0 Å². The Kier molecular flexibility index (Phi) is 9.25. The monoisotopic (exact) mass is 604 g/mol. The second-order valence-corrected chi connectivity index (χ2v) is 11.4. The molecular formula is C26H26Cl2N6O5S. The zero-order valence-corrected chi connectivity index (χ0v) is 23.6. The Morgan fingerprint density at radius 2 is 1.80 bits per heavy atom. The molecule has 1 atom stereocenters. The molecule has 4 N–H and O–H groups in total. The molecule has 40 heavy (non-hydrogen) atoms. The van der Waals surface area contributed by atoms with Gasteiger partial charge in [0, 0.05) is 31.7 Å². The van der Waals surface area contributed by atoms with E-state index in [9.17, 15) is 23.1 Å². The molecule has 0 saturated carbocycles. The molecule has 0 saturated heterocycles. The van der Waals surface area contributed by atoms with E-state index in [1.807, 2.05) is 24.3 Å². The van der Waals surface area contributed by atoms with Crippen molar-refractivity contribution in [2.75, 3.05) is 25.5 Å². The van der Waals surface area contributed by atoms with Gasteiger partial charge in [-0.1, -0.05) is 47.5 Å². The van der Waals surface area contributed by atoms with Crippen LogP contribution in [0.25, 0.3) is 10.9 Å². The average Bonchev–Trinajstić information content (AvgIpc) is 3.33. The Labute approximate surface area is 240 Å². The highest BCUT2D eigenvalue weighted by molar-refractivity contribution is 7.89. The third-order valence-electron chi connectivity index (χ3n) is 6.06. The molecule has 210 valence electrons. The molecule has 0 spiro atoms. The Morgan fingerprint density at radius 1 is 1.07 bits per heavy atom. The van der Waals surface area contributed by atoms with Crippen LogP contribution < -0.4 is 10.0 Å². The lowest BCUT2D eigenvalue weighted by Gasteiger charge is -2.23. The number of carboxylic acids is 1. The Balaban J connectivity index is 1.46. The van der Waals surface area contributed by atoms with E-state index in [0.717, 1.165) is 28.2 Å². The number of nitrogens with one attached hydrogen (secondary N) is 3. The van der Waals surface area contributed by atoms with Crippen molar-refractivity contribution in [3.05, 3.63) is 82.1 Å². The number of benzene rings is 2. The standard InChI is InChI=1S/C26H26Cl2N6O5S/c1-34(15-21(26(36)37)33-40(38,39)24-18(27)9-5-10-19(24)28)25(35)17-8-4-7-16-20(31-32-23(16)17)11-6-14-30-22-12-2-3-13-29-22/h2-5,7-10,12-13,21,33H,6,11,14-15H2,1H3,(H,29,30)(H,31,32)(H,36,37). The molecule has 0 fully saturated rings. The summed E-state index contributed by atoms with van der Waals surface area (Å²) in [4.78, 5) is 30.2. The summed E-state index contributed by atoms with van der Waals surface area (Å²) in [5.74, 6) is -1.21. The van der Waals surface area contributed by atoms with E-state index < -0.39 is 39.4 Å². The Bertz CT molecular complexity index is 1610. The highest BCUT2D eigenvalue weighted by Gasteiger charge is 2.31. The molecule has 14 heteroatoms. The number of nitrogens with zero attached hydrogens (tertiary/aromatic N) is 3. The van der Waals surface area contributed by atoms with Gasteiger partial charge in [0.05, 0.1) is 26.8 Å². The van der Waals surface area contributed by atoms with Gasteiger partial charge in [0.25, 0.3) is 5.91 Å². The van der Waals surface area contributed by atoms with Crippen LogP contribution in [0.4, 0.5) is 5.82 Å². The fourth-order valence-electron chi connectivity index (χ4n) is 4.12. The maximum Gasteiger partial charge on any atom is 0.323 e. The number of sulfonamides is 1. The minimum absolute atomic E-state index is 0.164. The number of carboxylic acid groups (broad SMARTS) is 1. The summed E-state index contributed by atoms with van der Waals surface area (Å²) in [5, 5.41) is 20.7. The third-order valence-corrected chi connectivity index (χ3v) is 8.48. The van der Waals surface area contributed by atoms with Crippen molar-refractivity contribution in [3.8, 4) is 0 Å². The molecule has 0 bridgehead atoms. The van der Waals surface area contributed by atoms with E-state index in [0.29, 0.717) is 18.5 Å². The minimum Gasteiger partial charge on any atom is -0.480 e. The molecule has 1 amide bonds. The Morgan fingerprint density at radius 3 is 2.48 bits per heavy atom. The lowest BCUT2D eigenvalue weighted by atomic mass is 10.1. The number of pyridine rings is 1. The van der Waals surface area contributed by atoms with Crippen LogP contribution in [0.3, 0.4) is 0 Å². The van der Waals surface area contributed by atoms with Crippen LogP contribution in [0.15, 0.2) is 65.7 Å². The van der Waals surface area contributed by atoms with E-state index in [2.05, 4.69) is 25.2 Å². The smallest absolute Gasteiger partial charge is 0.323 e. The van der Waals surface area contributed by atoms with Crippen molar-refractivity contribution in [1.29, 1.82) is 0 Å². The van der Waals surface area contributed by atoms with Crippen LogP contribution in [0.2, 0.25) is 10.0 Å². The summed E-state index contributed by atoms with van der Waals surface area (Å²) in [6, 6.07) is 13.2. The number of hydrogen-bond acceptors (Lipinski definition) is 7. The molecule has 0 aliphatic rings. The van der Waals surface area contributed by atoms with E-state index in [4.69, 9.17) is 23.2 Å². The van der Waals surface area contributed by atoms with Crippen LogP contribution in [-0.2, 0) is 21.2 Å². The number of halogens is 2. The molecule has 2 aromatic carbocycles. The van der Waals surface area contributed by atoms with Gasteiger partial charge in [-0.05, 0) is 43.2 Å². The van der Waals surface area contributed by atoms with E-state index in [-0.39, 0.29) is 15.6 Å². The highest BCUT2D eigenvalue weighted by atomic mass is 35.5. The summed E-state index contributed by atoms with van der Waals surface area (Å²) in [5.41, 5.74) is 1.55. The molecule has 2 aromatic heterocycles. The summed E-state index contributed by atoms with van der Waals surface area (Å²) < 4.78 is 27.9. The van der Waals surface area contributed by atoms with E-state index >= 15 is 0 Å². The first-order valence-corrected chi connectivity index (χ1v) is 14.4. The molecule has 0 radical (unpaired) electrons. The number of fused-ring (bicyclic) bond motifs is 1. The summed E-state index contributed by atoms with van der Waals surface area (Å²) in [6.45, 7) is 0.213. The molecule has 0 aliphatic carbocycles. The second kappa shape index (κ2) is 12.6. The van der Waals surface area contributed by atoms with Crippen molar-refractivity contribution in [2.45, 2.75) is 23.8 Å². The molecule has 0 aliphatic heterocycles. The lowest BCUT2D eigenvalue weighted by Crippen LogP contribution is -2.48. The van der Waals surface area contributed by atoms with Gasteiger partial charge in [0.15, 0.2) is 0 Å². The summed E-state index contributed by atoms with van der Waals surface area (Å²) in [6.07, 6.45) is 3.12. The number of aromatic nitrogens is 3. The third kappa shape index (κ3) is 6.70. The number of carbonyl (C=O) groups is 2. The van der Waals surface area contributed by atoms with E-state index in [1.165, 1.54) is 25.2 Å². The summed E-state index contributed by atoms with van der Waals surface area (Å²) in [7, 11) is -3.04. The van der Waals surface area contributed by atoms with E-state index in [1.54, 1.807) is 18.3 Å². The number of para-hydroxylation sites is 1. The van der Waals surface area contributed by atoms with Crippen LogP contribution in [-0.4, -0.2) is 71.7 Å². The maximum atomic E-state index is 13.3. The van der Waals surface area contributed by atoms with Crippen molar-refractivity contribution in [3.63, 3.8) is 0 Å². The van der Waals surface area contributed by atoms with Gasteiger partial charge in [-0.3, -0.25) is 14.7 Å². The largest absolute Gasteiger partial charge is 0.480 e. The predicted octanol–water partition coefficient (Wildman–Crippen LogP) is 3.81. The summed E-state index contributed by atoms with van der Waals surface area (Å²) >= 11 is 12.0. The van der Waals surface area contributed by atoms with Crippen LogP contribution in [0.1, 0.15) is 22.5 Å². The first-order chi connectivity index (χ1) is 19.1. The molecular weight excluding hydrogens is 579 g/mol. The molecule has 2 heterocycles. The van der Waals surface area contributed by atoms with Gasteiger partial charge in [-0.15, -0.1) is 0 Å². The van der Waals surface area contributed by atoms with Crippen molar-refractivity contribution in [1.82, 2.24) is 24.8 Å². The predicted molar refractivity (Wildman–Crippen MR) is 152 cm³/mol. The fourth-order valence-corrected chi connectivity index (χ4v) is 6.44. The van der Waals surface area contributed by atoms with Gasteiger partial charge in [0.2, 0.25) is 10.0 Å². The number of hydrogen-bond donors (Lipinski definition) is 4. The quantitative estimate of drug-likeness (QED) is 0.178. The normalized spacial score (nSPS) is 12.3. The zero-order chi connectivity index (χ0) is 28.9.